The summed E-state index contributed by atoms with van der Waals surface area (Å²) in [7, 11) is 1.45. The zero-order valence-electron chi connectivity index (χ0n) is 16.5. The lowest BCUT2D eigenvalue weighted by atomic mass is 10.00. The monoisotopic (exact) mass is 406 g/mol. The van der Waals surface area contributed by atoms with Gasteiger partial charge in [-0.1, -0.05) is 6.07 Å². The topological polar surface area (TPSA) is 88.4 Å². The van der Waals surface area contributed by atoms with Gasteiger partial charge in [-0.25, -0.2) is 18.7 Å². The number of anilines is 1. The summed E-state index contributed by atoms with van der Waals surface area (Å²) >= 11 is 0. The summed E-state index contributed by atoms with van der Waals surface area (Å²) in [5.74, 6) is 0.944. The third-order valence-corrected chi connectivity index (χ3v) is 5.39. The fraction of sp³-hybridized carbons (Fsp3) is 0.238. The summed E-state index contributed by atoms with van der Waals surface area (Å²) in [5.41, 5.74) is 4.45. The van der Waals surface area contributed by atoms with E-state index in [1.165, 1.54) is 17.6 Å². The number of nitrogens with one attached hydrogen (secondary N) is 1. The average molecular weight is 406 g/mol. The van der Waals surface area contributed by atoms with E-state index >= 15 is 0 Å². The molecule has 1 aliphatic heterocycles. The first-order valence-corrected chi connectivity index (χ1v) is 9.54. The highest BCUT2D eigenvalue weighted by molar-refractivity contribution is 5.66. The molecule has 0 unspecified atom stereocenters. The normalized spacial score (nSPS) is 13.5. The van der Waals surface area contributed by atoms with Gasteiger partial charge in [0.25, 0.3) is 5.78 Å². The molecule has 0 aliphatic carbocycles. The maximum atomic E-state index is 13.8. The first-order chi connectivity index (χ1) is 14.5. The Balaban J connectivity index is 1.50. The van der Waals surface area contributed by atoms with Crippen LogP contribution in [0.2, 0.25) is 0 Å². The summed E-state index contributed by atoms with van der Waals surface area (Å²) in [6.07, 6.45) is 4.34. The van der Waals surface area contributed by atoms with Crippen molar-refractivity contribution in [3.8, 4) is 16.9 Å². The van der Waals surface area contributed by atoms with Crippen molar-refractivity contribution in [1.82, 2.24) is 24.6 Å². The number of fused-ring (bicyclic) bond motifs is 2. The van der Waals surface area contributed by atoms with E-state index in [9.17, 15) is 9.18 Å². The van der Waals surface area contributed by atoms with Crippen molar-refractivity contribution in [2.45, 2.75) is 19.9 Å². The zero-order valence-corrected chi connectivity index (χ0v) is 16.5. The predicted molar refractivity (Wildman–Crippen MR) is 109 cm³/mol. The Hall–Kier alpha value is -3.75. The molecule has 4 aromatic rings. The number of H-pyrrole nitrogens is 1. The Morgan fingerprint density at radius 1 is 1.23 bits per heavy atom. The summed E-state index contributed by atoms with van der Waals surface area (Å²) in [5, 5.41) is 6.39. The maximum Gasteiger partial charge on any atom is 0.348 e. The van der Waals surface area contributed by atoms with Gasteiger partial charge >= 0.3 is 5.69 Å². The van der Waals surface area contributed by atoms with Gasteiger partial charge in [-0.2, -0.15) is 4.98 Å². The fourth-order valence-corrected chi connectivity index (χ4v) is 3.85. The molecule has 1 N–H and O–H groups in total. The molecule has 0 saturated carbocycles. The molecule has 4 heterocycles. The van der Waals surface area contributed by atoms with Crippen LogP contribution in [0.4, 0.5) is 10.2 Å². The standard InChI is InChI=1S/C21H19FN6O2/c1-12-10-28-20(25-26-21(28)29)24-19(12)27-6-5-17-15(11-27)7-14(9-23-17)13-3-4-16(22)18(8-13)30-2/h3-4,7-10H,5-6,11H2,1-2H3,(H,26,29). The van der Waals surface area contributed by atoms with E-state index in [2.05, 4.69) is 31.1 Å². The maximum absolute atomic E-state index is 13.8. The molecular formula is C21H19FN6O2. The molecule has 3 aromatic heterocycles. The average Bonchev–Trinajstić information content (AvgIpc) is 3.12. The van der Waals surface area contributed by atoms with Gasteiger partial charge in [0.15, 0.2) is 11.6 Å². The number of halogens is 1. The molecule has 5 rings (SSSR count). The lowest BCUT2D eigenvalue weighted by molar-refractivity contribution is 0.387. The predicted octanol–water partition coefficient (Wildman–Crippen LogP) is 2.50. The number of benzene rings is 1. The van der Waals surface area contributed by atoms with Crippen LogP contribution in [-0.2, 0) is 13.0 Å². The molecule has 0 spiro atoms. The Labute approximate surface area is 171 Å². The van der Waals surface area contributed by atoms with E-state index in [4.69, 9.17) is 4.74 Å². The summed E-state index contributed by atoms with van der Waals surface area (Å²) in [4.78, 5) is 23.1. The molecule has 0 atom stereocenters. The highest BCUT2D eigenvalue weighted by Gasteiger charge is 2.22. The van der Waals surface area contributed by atoms with Crippen molar-refractivity contribution in [1.29, 1.82) is 0 Å². The molecular weight excluding hydrogens is 387 g/mol. The van der Waals surface area contributed by atoms with Crippen molar-refractivity contribution in [2.75, 3.05) is 18.6 Å². The van der Waals surface area contributed by atoms with Crippen molar-refractivity contribution in [3.05, 3.63) is 69.8 Å². The quantitative estimate of drug-likeness (QED) is 0.562. The van der Waals surface area contributed by atoms with Gasteiger partial charge in [-0.05, 0) is 36.2 Å². The summed E-state index contributed by atoms with van der Waals surface area (Å²) in [6, 6.07) is 6.87. The highest BCUT2D eigenvalue weighted by atomic mass is 19.1. The molecule has 0 amide bonds. The van der Waals surface area contributed by atoms with Crippen molar-refractivity contribution in [2.24, 2.45) is 0 Å². The van der Waals surface area contributed by atoms with Gasteiger partial charge in [-0.3, -0.25) is 4.98 Å². The van der Waals surface area contributed by atoms with Gasteiger partial charge in [-0.15, -0.1) is 5.10 Å². The second-order valence-electron chi connectivity index (χ2n) is 7.30. The van der Waals surface area contributed by atoms with E-state index in [0.29, 0.717) is 12.3 Å². The first kappa shape index (κ1) is 18.3. The fourth-order valence-electron chi connectivity index (χ4n) is 3.85. The van der Waals surface area contributed by atoms with Crippen LogP contribution in [-0.4, -0.2) is 38.2 Å². The largest absolute Gasteiger partial charge is 0.494 e. The van der Waals surface area contributed by atoms with Crippen LogP contribution in [0.25, 0.3) is 16.9 Å². The number of aromatic nitrogens is 5. The van der Waals surface area contributed by atoms with E-state index in [1.807, 2.05) is 13.1 Å². The molecule has 9 heteroatoms. The lowest BCUT2D eigenvalue weighted by Gasteiger charge is -2.30. The minimum Gasteiger partial charge on any atom is -0.494 e. The van der Waals surface area contributed by atoms with E-state index < -0.39 is 5.82 Å². The Kier molecular flexibility index (Phi) is 4.23. The van der Waals surface area contributed by atoms with Gasteiger partial charge < -0.3 is 9.64 Å². The van der Waals surface area contributed by atoms with Crippen LogP contribution in [0.3, 0.4) is 0 Å². The third kappa shape index (κ3) is 2.99. The molecule has 0 bridgehead atoms. The molecule has 0 radical (unpaired) electrons. The number of nitrogens with zero attached hydrogens (tertiary/aromatic N) is 5. The zero-order chi connectivity index (χ0) is 20.8. The van der Waals surface area contributed by atoms with Gasteiger partial charge in [0.1, 0.15) is 5.82 Å². The summed E-state index contributed by atoms with van der Waals surface area (Å²) < 4.78 is 20.3. The number of aromatic amines is 1. The Morgan fingerprint density at radius 3 is 2.93 bits per heavy atom. The summed E-state index contributed by atoms with van der Waals surface area (Å²) in [6.45, 7) is 3.33. The molecule has 30 heavy (non-hydrogen) atoms. The van der Waals surface area contributed by atoms with Crippen LogP contribution in [0.1, 0.15) is 16.8 Å². The van der Waals surface area contributed by atoms with Crippen LogP contribution >= 0.6 is 0 Å². The van der Waals surface area contributed by atoms with E-state index in [-0.39, 0.29) is 11.4 Å². The number of hydrogen-bond acceptors (Lipinski definition) is 6. The number of rotatable bonds is 3. The number of aryl methyl sites for hydroxylation is 1. The van der Waals surface area contributed by atoms with Gasteiger partial charge in [0.2, 0.25) is 0 Å². The number of methoxy groups -OCH3 is 1. The van der Waals surface area contributed by atoms with Crippen molar-refractivity contribution < 1.29 is 9.13 Å². The third-order valence-electron chi connectivity index (χ3n) is 5.39. The second kappa shape index (κ2) is 6.94. The molecule has 1 aliphatic rings. The van der Waals surface area contributed by atoms with Crippen molar-refractivity contribution >= 4 is 11.6 Å². The smallest absolute Gasteiger partial charge is 0.348 e. The molecule has 1 aromatic carbocycles. The van der Waals surface area contributed by atoms with E-state index in [0.717, 1.165) is 46.7 Å². The van der Waals surface area contributed by atoms with Gasteiger partial charge in [0.05, 0.1) is 7.11 Å². The Morgan fingerprint density at radius 2 is 2.10 bits per heavy atom. The number of ether oxygens (including phenoxy) is 1. The minimum atomic E-state index is -0.396. The lowest BCUT2D eigenvalue weighted by Crippen LogP contribution is -2.32. The molecule has 152 valence electrons. The van der Waals surface area contributed by atoms with Crippen molar-refractivity contribution in [3.63, 3.8) is 0 Å². The van der Waals surface area contributed by atoms with Crippen LogP contribution in [0.15, 0.2) is 41.5 Å². The Bertz CT molecular complexity index is 1330. The SMILES string of the molecule is COc1cc(-c2cnc3c(c2)CN(c2nc4n[nH]c(=O)n4cc2C)CC3)ccc1F. The molecule has 0 fully saturated rings. The molecule has 0 saturated heterocycles. The number of pyridine rings is 1. The van der Waals surface area contributed by atoms with Crippen LogP contribution in [0.5, 0.6) is 5.75 Å². The highest BCUT2D eigenvalue weighted by Crippen LogP contribution is 2.30. The number of hydrogen-bond donors (Lipinski definition) is 1. The molecule has 8 nitrogen and oxygen atoms in total. The van der Waals surface area contributed by atoms with Gasteiger partial charge in [0, 0.05) is 48.7 Å². The second-order valence-corrected chi connectivity index (χ2v) is 7.30. The first-order valence-electron chi connectivity index (χ1n) is 9.54. The van der Waals surface area contributed by atoms with Crippen LogP contribution in [0, 0.1) is 12.7 Å². The minimum absolute atomic E-state index is 0.203. The van der Waals surface area contributed by atoms with E-state index in [1.54, 1.807) is 18.3 Å². The van der Waals surface area contributed by atoms with Crippen LogP contribution < -0.4 is 15.3 Å².